The topological polar surface area (TPSA) is 79.3 Å². The van der Waals surface area contributed by atoms with E-state index in [4.69, 9.17) is 0 Å². The molecule has 6 heteroatoms. The van der Waals surface area contributed by atoms with Crippen LogP contribution in [0.5, 0.6) is 0 Å². The smallest absolute Gasteiger partial charge is 0.310 e. The molecule has 5 nitrogen and oxygen atoms in total. The number of nitrogens with one attached hydrogen (secondary N) is 1. The average molecular weight is 413 g/mol. The number of thiazole rings is 1. The van der Waals surface area contributed by atoms with Gasteiger partial charge in [-0.15, -0.1) is 11.3 Å². The Morgan fingerprint density at radius 2 is 2.10 bits per heavy atom. The molecule has 154 valence electrons. The summed E-state index contributed by atoms with van der Waals surface area (Å²) in [5.74, 6) is -0.513. The Kier molecular flexibility index (Phi) is 6.85. The lowest BCUT2D eigenvalue weighted by atomic mass is 9.77. The van der Waals surface area contributed by atoms with Gasteiger partial charge in [0.25, 0.3) is 0 Å². The Balaban J connectivity index is 1.64. The molecule has 0 saturated heterocycles. The van der Waals surface area contributed by atoms with Crippen LogP contribution < -0.4 is 5.32 Å². The molecule has 1 aliphatic rings. The highest BCUT2D eigenvalue weighted by Crippen LogP contribution is 2.40. The van der Waals surface area contributed by atoms with Gasteiger partial charge < -0.3 is 10.4 Å². The van der Waals surface area contributed by atoms with E-state index in [0.717, 1.165) is 17.0 Å². The molecule has 0 radical (unpaired) electrons. The Labute approximate surface area is 175 Å². The second kappa shape index (κ2) is 9.35. The van der Waals surface area contributed by atoms with Gasteiger partial charge in [-0.05, 0) is 49.5 Å². The van der Waals surface area contributed by atoms with Crippen LogP contribution >= 0.6 is 11.3 Å². The highest BCUT2D eigenvalue weighted by Gasteiger charge is 2.38. The molecule has 1 heterocycles. The summed E-state index contributed by atoms with van der Waals surface area (Å²) in [5, 5.41) is 15.6. The fraction of sp³-hybridized carbons (Fsp3) is 0.435. The molecule has 1 fully saturated rings. The number of rotatable bonds is 10. The summed E-state index contributed by atoms with van der Waals surface area (Å²) in [6.45, 7) is 3.77. The maximum atomic E-state index is 12.5. The highest BCUT2D eigenvalue weighted by atomic mass is 32.1. The first-order valence-corrected chi connectivity index (χ1v) is 11.1. The number of hydrogen-bond acceptors (Lipinski definition) is 4. The van der Waals surface area contributed by atoms with E-state index in [1.165, 1.54) is 18.5 Å². The minimum Gasteiger partial charge on any atom is -0.481 e. The molecule has 1 aliphatic carbocycles. The summed E-state index contributed by atoms with van der Waals surface area (Å²) in [6.07, 6.45) is 8.10. The van der Waals surface area contributed by atoms with E-state index in [9.17, 15) is 14.7 Å². The molecule has 2 N–H and O–H groups in total. The molecular weight excluding hydrogens is 384 g/mol. The number of aliphatic carboxylic acids is 1. The van der Waals surface area contributed by atoms with Gasteiger partial charge in [0, 0.05) is 23.4 Å². The van der Waals surface area contributed by atoms with Gasteiger partial charge in [0.2, 0.25) is 5.91 Å². The van der Waals surface area contributed by atoms with Crippen molar-refractivity contribution in [3.63, 3.8) is 0 Å². The molecule has 1 unspecified atom stereocenters. The normalized spacial score (nSPS) is 15.9. The van der Waals surface area contributed by atoms with Crippen molar-refractivity contribution in [3.05, 3.63) is 45.9 Å². The summed E-state index contributed by atoms with van der Waals surface area (Å²) in [5.41, 5.74) is 1.82. The average Bonchev–Trinajstić information content (AvgIpc) is 3.44. The van der Waals surface area contributed by atoms with Gasteiger partial charge in [0.15, 0.2) is 0 Å². The van der Waals surface area contributed by atoms with Crippen LogP contribution in [-0.4, -0.2) is 22.0 Å². The highest BCUT2D eigenvalue weighted by molar-refractivity contribution is 7.10. The van der Waals surface area contributed by atoms with Gasteiger partial charge in [-0.2, -0.15) is 0 Å². The lowest BCUT2D eigenvalue weighted by Gasteiger charge is -2.27. The summed E-state index contributed by atoms with van der Waals surface area (Å²) in [4.78, 5) is 28.9. The van der Waals surface area contributed by atoms with Gasteiger partial charge in [0.05, 0.1) is 11.1 Å². The van der Waals surface area contributed by atoms with E-state index in [-0.39, 0.29) is 12.3 Å². The number of benzene rings is 1. The van der Waals surface area contributed by atoms with Crippen LogP contribution in [0.15, 0.2) is 29.6 Å². The van der Waals surface area contributed by atoms with Crippen molar-refractivity contribution in [2.75, 3.05) is 5.32 Å². The fourth-order valence-corrected chi connectivity index (χ4v) is 4.34. The Morgan fingerprint density at radius 3 is 2.76 bits per heavy atom. The third-order valence-corrected chi connectivity index (χ3v) is 6.31. The predicted molar refractivity (Wildman–Crippen MR) is 118 cm³/mol. The summed E-state index contributed by atoms with van der Waals surface area (Å²) in [6, 6.07) is 7.55. The number of amides is 1. The predicted octanol–water partition coefficient (Wildman–Crippen LogP) is 5.80. The van der Waals surface area contributed by atoms with Crippen LogP contribution in [0, 0.1) is 5.41 Å². The van der Waals surface area contributed by atoms with E-state index in [1.54, 1.807) is 11.3 Å². The van der Waals surface area contributed by atoms with Crippen LogP contribution in [0.25, 0.3) is 12.2 Å². The third-order valence-electron chi connectivity index (χ3n) is 5.48. The van der Waals surface area contributed by atoms with Crippen molar-refractivity contribution in [2.45, 2.75) is 58.3 Å². The van der Waals surface area contributed by atoms with E-state index >= 15 is 0 Å². The molecule has 1 saturated carbocycles. The first-order chi connectivity index (χ1) is 14.0. The van der Waals surface area contributed by atoms with Crippen molar-refractivity contribution in [2.24, 2.45) is 5.41 Å². The molecular formula is C23H28N2O3S. The molecule has 3 rings (SSSR count). The number of aromatic nitrogens is 1. The zero-order valence-corrected chi connectivity index (χ0v) is 17.8. The third kappa shape index (κ3) is 5.54. The number of carboxylic acid groups (broad SMARTS) is 1. The largest absolute Gasteiger partial charge is 0.481 e. The Morgan fingerprint density at radius 1 is 1.31 bits per heavy atom. The molecule has 0 aliphatic heterocycles. The molecule has 29 heavy (non-hydrogen) atoms. The summed E-state index contributed by atoms with van der Waals surface area (Å²) >= 11 is 1.64. The van der Waals surface area contributed by atoms with Gasteiger partial charge in [0.1, 0.15) is 5.01 Å². The van der Waals surface area contributed by atoms with E-state index in [1.807, 2.05) is 50.3 Å². The monoisotopic (exact) mass is 412 g/mol. The first-order valence-electron chi connectivity index (χ1n) is 10.2. The molecule has 1 aromatic heterocycles. The molecule has 1 aromatic carbocycles. The maximum Gasteiger partial charge on any atom is 0.310 e. The molecule has 0 spiro atoms. The maximum absolute atomic E-state index is 12.5. The lowest BCUT2D eigenvalue weighted by molar-refractivity contribution is -0.152. The fourth-order valence-electron chi connectivity index (χ4n) is 3.55. The van der Waals surface area contributed by atoms with Crippen molar-refractivity contribution < 1.29 is 14.7 Å². The Bertz CT molecular complexity index is 901. The van der Waals surface area contributed by atoms with Crippen LogP contribution in [0.2, 0.25) is 0 Å². The van der Waals surface area contributed by atoms with Gasteiger partial charge in [-0.3, -0.25) is 9.59 Å². The quantitative estimate of drug-likeness (QED) is 0.517. The lowest BCUT2D eigenvalue weighted by Crippen LogP contribution is -2.34. The van der Waals surface area contributed by atoms with Crippen molar-refractivity contribution >= 4 is 41.1 Å². The van der Waals surface area contributed by atoms with Crippen LogP contribution in [0.4, 0.5) is 5.69 Å². The number of carbonyl (C=O) groups excluding carboxylic acids is 1. The van der Waals surface area contributed by atoms with E-state index in [2.05, 4.69) is 15.7 Å². The second-order valence-electron chi connectivity index (χ2n) is 7.76. The van der Waals surface area contributed by atoms with Crippen molar-refractivity contribution in [3.8, 4) is 0 Å². The molecule has 1 amide bonds. The number of anilines is 1. The zero-order chi connectivity index (χ0) is 20.9. The van der Waals surface area contributed by atoms with Crippen LogP contribution in [0.1, 0.15) is 74.6 Å². The van der Waals surface area contributed by atoms with Crippen molar-refractivity contribution in [1.29, 1.82) is 0 Å². The minimum absolute atomic E-state index is 0.0181. The number of nitrogens with zero attached hydrogens (tertiary/aromatic N) is 1. The first kappa shape index (κ1) is 21.2. The molecule has 2 aromatic rings. The van der Waals surface area contributed by atoms with Crippen LogP contribution in [-0.2, 0) is 9.59 Å². The number of carbonyl (C=O) groups is 2. The summed E-state index contributed by atoms with van der Waals surface area (Å²) < 4.78 is 0. The minimum atomic E-state index is -1.000. The van der Waals surface area contributed by atoms with Gasteiger partial charge >= 0.3 is 5.97 Å². The zero-order valence-electron chi connectivity index (χ0n) is 17.0. The molecule has 0 bridgehead atoms. The van der Waals surface area contributed by atoms with Gasteiger partial charge in [-0.1, -0.05) is 38.5 Å². The number of hydrogen-bond donors (Lipinski definition) is 2. The Hall–Kier alpha value is -2.47. The SMILES string of the molecule is CCCC(CC)(CC(=O)Nc1cccc(/C=C/c2nc(C3CC3)cs2)c1)C(=O)O. The standard InChI is InChI=1S/C23H28N2O3S/c1-3-12-23(4-2,22(27)28)14-20(26)24-18-7-5-6-16(13-18)8-11-21-25-19(15-29-21)17-9-10-17/h5-8,11,13,15,17H,3-4,9-10,12,14H2,1-2H3,(H,24,26)(H,27,28)/b11-8+. The van der Waals surface area contributed by atoms with Gasteiger partial charge in [-0.25, -0.2) is 4.98 Å². The second-order valence-corrected chi connectivity index (χ2v) is 8.65. The number of carboxylic acids is 1. The van der Waals surface area contributed by atoms with Crippen molar-refractivity contribution in [1.82, 2.24) is 4.98 Å². The summed E-state index contributed by atoms with van der Waals surface area (Å²) in [7, 11) is 0. The molecule has 1 atom stereocenters. The van der Waals surface area contributed by atoms with E-state index in [0.29, 0.717) is 24.4 Å². The van der Waals surface area contributed by atoms with E-state index < -0.39 is 11.4 Å². The van der Waals surface area contributed by atoms with Crippen LogP contribution in [0.3, 0.4) is 0 Å².